The van der Waals surface area contributed by atoms with Gasteiger partial charge in [-0.2, -0.15) is 5.26 Å². The summed E-state index contributed by atoms with van der Waals surface area (Å²) >= 11 is 1.67. The maximum Gasteiger partial charge on any atom is 0.119 e. The van der Waals surface area contributed by atoms with Crippen LogP contribution in [0.3, 0.4) is 0 Å². The fourth-order valence-electron chi connectivity index (χ4n) is 1.85. The Balaban J connectivity index is 1.59. The van der Waals surface area contributed by atoms with Gasteiger partial charge in [-0.05, 0) is 24.6 Å². The summed E-state index contributed by atoms with van der Waals surface area (Å²) < 4.78 is 11.1. The highest BCUT2D eigenvalue weighted by Gasteiger charge is 2.01. The van der Waals surface area contributed by atoms with Crippen molar-refractivity contribution in [1.82, 2.24) is 4.98 Å². The molecule has 2 rings (SSSR count). The molecule has 0 bridgehead atoms. The minimum Gasteiger partial charge on any atom is -0.491 e. The van der Waals surface area contributed by atoms with Crippen molar-refractivity contribution in [3.63, 3.8) is 0 Å². The second-order valence-electron chi connectivity index (χ2n) is 4.55. The van der Waals surface area contributed by atoms with Crippen LogP contribution in [-0.2, 0) is 17.6 Å². The van der Waals surface area contributed by atoms with Crippen molar-refractivity contribution in [2.24, 2.45) is 0 Å². The van der Waals surface area contributed by atoms with Crippen molar-refractivity contribution in [3.8, 4) is 11.8 Å². The zero-order chi connectivity index (χ0) is 14.9. The Hall–Kier alpha value is -1.90. The summed E-state index contributed by atoms with van der Waals surface area (Å²) in [6.45, 7) is 3.80. The summed E-state index contributed by atoms with van der Waals surface area (Å²) in [5.41, 5.74) is 3.96. The van der Waals surface area contributed by atoms with E-state index in [1.165, 1.54) is 4.88 Å². The zero-order valence-corrected chi connectivity index (χ0v) is 12.9. The van der Waals surface area contributed by atoms with Gasteiger partial charge in [0.1, 0.15) is 12.4 Å². The van der Waals surface area contributed by atoms with Crippen LogP contribution in [0.2, 0.25) is 0 Å². The molecule has 5 heteroatoms. The zero-order valence-electron chi connectivity index (χ0n) is 12.0. The number of benzene rings is 1. The van der Waals surface area contributed by atoms with Crippen LogP contribution < -0.4 is 4.74 Å². The second kappa shape index (κ2) is 8.40. The Morgan fingerprint density at radius 1 is 1.19 bits per heavy atom. The summed E-state index contributed by atoms with van der Waals surface area (Å²) in [6, 6.07) is 9.70. The van der Waals surface area contributed by atoms with Gasteiger partial charge in [0.05, 0.1) is 36.9 Å². The van der Waals surface area contributed by atoms with E-state index in [0.29, 0.717) is 26.2 Å². The van der Waals surface area contributed by atoms with E-state index in [2.05, 4.69) is 11.1 Å². The Morgan fingerprint density at radius 2 is 2.00 bits per heavy atom. The van der Waals surface area contributed by atoms with Gasteiger partial charge in [-0.3, -0.25) is 0 Å². The number of nitriles is 1. The van der Waals surface area contributed by atoms with Crippen LogP contribution in [0.5, 0.6) is 5.75 Å². The molecule has 4 nitrogen and oxygen atoms in total. The molecule has 0 atom stereocenters. The lowest BCUT2D eigenvalue weighted by Crippen LogP contribution is -2.08. The first-order valence-corrected chi connectivity index (χ1v) is 7.73. The first kappa shape index (κ1) is 15.5. The third-order valence-corrected chi connectivity index (χ3v) is 4.02. The van der Waals surface area contributed by atoms with Gasteiger partial charge in [-0.25, -0.2) is 4.98 Å². The minimum atomic E-state index is 0.431. The van der Waals surface area contributed by atoms with Gasteiger partial charge in [-0.1, -0.05) is 12.1 Å². The molecule has 1 aromatic carbocycles. The van der Waals surface area contributed by atoms with E-state index >= 15 is 0 Å². The van der Waals surface area contributed by atoms with Crippen molar-refractivity contribution >= 4 is 11.3 Å². The highest BCUT2D eigenvalue weighted by atomic mass is 32.1. The predicted molar refractivity (Wildman–Crippen MR) is 82.6 cm³/mol. The monoisotopic (exact) mass is 302 g/mol. The van der Waals surface area contributed by atoms with Crippen molar-refractivity contribution in [2.75, 3.05) is 19.8 Å². The standard InChI is InChI=1S/C16H18N2O2S/c1-13-16(21-12-18-13)7-9-19-10-11-20-15-4-2-14(3-5-15)6-8-17/h2-5,12H,6-7,9-11H2,1H3. The van der Waals surface area contributed by atoms with E-state index in [1.807, 2.05) is 36.7 Å². The summed E-state index contributed by atoms with van der Waals surface area (Å²) in [5.74, 6) is 0.804. The number of hydrogen-bond donors (Lipinski definition) is 0. The topological polar surface area (TPSA) is 55.1 Å². The summed E-state index contributed by atoms with van der Waals surface area (Å²) in [7, 11) is 0. The minimum absolute atomic E-state index is 0.431. The molecule has 1 aromatic heterocycles. The molecule has 0 fully saturated rings. The Kier molecular flexibility index (Phi) is 6.20. The average molecular weight is 302 g/mol. The lowest BCUT2D eigenvalue weighted by atomic mass is 10.2. The Bertz CT molecular complexity index is 587. The Labute approximate surface area is 129 Å². The van der Waals surface area contributed by atoms with E-state index < -0.39 is 0 Å². The van der Waals surface area contributed by atoms with E-state index in [0.717, 1.165) is 23.4 Å². The van der Waals surface area contributed by atoms with Crippen LogP contribution in [0.4, 0.5) is 0 Å². The van der Waals surface area contributed by atoms with Crippen LogP contribution in [0.25, 0.3) is 0 Å². The van der Waals surface area contributed by atoms with Crippen molar-refractivity contribution in [3.05, 3.63) is 45.9 Å². The van der Waals surface area contributed by atoms with Gasteiger partial charge in [0.15, 0.2) is 0 Å². The molecule has 2 aromatic rings. The molecule has 0 aliphatic heterocycles. The highest BCUT2D eigenvalue weighted by Crippen LogP contribution is 2.13. The molecule has 0 aliphatic carbocycles. The van der Waals surface area contributed by atoms with Gasteiger partial charge in [0.25, 0.3) is 0 Å². The fraction of sp³-hybridized carbons (Fsp3) is 0.375. The molecular formula is C16H18N2O2S. The van der Waals surface area contributed by atoms with Gasteiger partial charge in [-0.15, -0.1) is 11.3 Å². The summed E-state index contributed by atoms with van der Waals surface area (Å²) in [5, 5.41) is 8.60. The van der Waals surface area contributed by atoms with E-state index in [1.54, 1.807) is 11.3 Å². The molecule has 21 heavy (non-hydrogen) atoms. The average Bonchev–Trinajstić information content (AvgIpc) is 2.90. The number of aryl methyl sites for hydroxylation is 1. The number of thiazole rings is 1. The molecule has 0 amide bonds. The van der Waals surface area contributed by atoms with E-state index in [4.69, 9.17) is 14.7 Å². The third kappa shape index (κ3) is 5.18. The van der Waals surface area contributed by atoms with E-state index in [9.17, 15) is 0 Å². The third-order valence-electron chi connectivity index (χ3n) is 3.02. The van der Waals surface area contributed by atoms with Gasteiger partial charge >= 0.3 is 0 Å². The van der Waals surface area contributed by atoms with Gasteiger partial charge in [0, 0.05) is 11.3 Å². The molecule has 0 aliphatic rings. The molecule has 0 unspecified atom stereocenters. The quantitative estimate of drug-likeness (QED) is 0.703. The van der Waals surface area contributed by atoms with Crippen LogP contribution >= 0.6 is 11.3 Å². The Morgan fingerprint density at radius 3 is 2.67 bits per heavy atom. The number of ether oxygens (including phenoxy) is 2. The maximum absolute atomic E-state index is 8.60. The normalized spacial score (nSPS) is 10.3. The number of rotatable bonds is 8. The van der Waals surface area contributed by atoms with Gasteiger partial charge in [0.2, 0.25) is 0 Å². The van der Waals surface area contributed by atoms with Crippen molar-refractivity contribution < 1.29 is 9.47 Å². The lowest BCUT2D eigenvalue weighted by molar-refractivity contribution is 0.103. The summed E-state index contributed by atoms with van der Waals surface area (Å²) in [4.78, 5) is 5.49. The molecule has 110 valence electrons. The maximum atomic E-state index is 8.60. The smallest absolute Gasteiger partial charge is 0.119 e. The SMILES string of the molecule is Cc1ncsc1CCOCCOc1ccc(CC#N)cc1. The summed E-state index contributed by atoms with van der Waals surface area (Å²) in [6.07, 6.45) is 1.33. The van der Waals surface area contributed by atoms with Gasteiger partial charge < -0.3 is 9.47 Å². The lowest BCUT2D eigenvalue weighted by Gasteiger charge is -2.07. The first-order valence-electron chi connectivity index (χ1n) is 6.85. The van der Waals surface area contributed by atoms with Crippen LogP contribution in [0, 0.1) is 18.3 Å². The molecule has 1 heterocycles. The molecular weight excluding hydrogens is 284 g/mol. The molecule has 0 saturated heterocycles. The van der Waals surface area contributed by atoms with Crippen LogP contribution in [0.15, 0.2) is 29.8 Å². The van der Waals surface area contributed by atoms with E-state index in [-0.39, 0.29) is 0 Å². The second-order valence-corrected chi connectivity index (χ2v) is 5.49. The predicted octanol–water partition coefficient (Wildman–Crippen LogP) is 3.16. The van der Waals surface area contributed by atoms with Crippen molar-refractivity contribution in [2.45, 2.75) is 19.8 Å². The van der Waals surface area contributed by atoms with Crippen molar-refractivity contribution in [1.29, 1.82) is 5.26 Å². The number of hydrogen-bond acceptors (Lipinski definition) is 5. The number of aromatic nitrogens is 1. The molecule has 0 saturated carbocycles. The fourth-order valence-corrected chi connectivity index (χ4v) is 2.61. The van der Waals surface area contributed by atoms with Crippen LogP contribution in [-0.4, -0.2) is 24.8 Å². The molecule has 0 spiro atoms. The largest absolute Gasteiger partial charge is 0.491 e. The highest BCUT2D eigenvalue weighted by molar-refractivity contribution is 7.09. The number of nitrogens with zero attached hydrogens (tertiary/aromatic N) is 2. The van der Waals surface area contributed by atoms with Crippen LogP contribution in [0.1, 0.15) is 16.1 Å². The molecule has 0 radical (unpaired) electrons. The molecule has 0 N–H and O–H groups in total. The first-order chi connectivity index (χ1) is 10.3.